The van der Waals surface area contributed by atoms with Gasteiger partial charge in [-0.3, -0.25) is 4.98 Å². The molecule has 1 aromatic carbocycles. The first kappa shape index (κ1) is 11.1. The average Bonchev–Trinajstić information content (AvgIpc) is 2.27. The molecule has 0 aliphatic carbocycles. The van der Waals surface area contributed by atoms with Crippen molar-refractivity contribution in [2.24, 2.45) is 0 Å². The van der Waals surface area contributed by atoms with Gasteiger partial charge in [0.1, 0.15) is 0 Å². The Hall–Kier alpha value is -1.41. The Morgan fingerprint density at radius 2 is 2.00 bits per heavy atom. The molecule has 2 atom stereocenters. The van der Waals surface area contributed by atoms with Gasteiger partial charge in [-0.25, -0.2) is 0 Å². The van der Waals surface area contributed by atoms with Crippen LogP contribution in [-0.4, -0.2) is 16.2 Å². The van der Waals surface area contributed by atoms with Crippen LogP contribution in [-0.2, 0) is 0 Å². The molecule has 0 bridgehead atoms. The van der Waals surface area contributed by atoms with E-state index in [1.54, 1.807) is 0 Å². The largest absolute Gasteiger partial charge is 0.393 e. The van der Waals surface area contributed by atoms with E-state index in [2.05, 4.69) is 24.0 Å². The third-order valence-electron chi connectivity index (χ3n) is 2.88. The Bertz CT molecular complexity index is 479. The number of pyridine rings is 1. The number of para-hydroxylation sites is 1. The van der Waals surface area contributed by atoms with Gasteiger partial charge in [-0.15, -0.1) is 0 Å². The summed E-state index contributed by atoms with van der Waals surface area (Å²) in [5, 5.41) is 10.5. The Kier molecular flexibility index (Phi) is 3.20. The van der Waals surface area contributed by atoms with Crippen molar-refractivity contribution in [3.63, 3.8) is 0 Å². The van der Waals surface area contributed by atoms with Crippen LogP contribution in [0.4, 0.5) is 0 Å². The molecular weight excluding hydrogens is 198 g/mol. The highest BCUT2D eigenvalue weighted by Crippen LogP contribution is 2.23. The third kappa shape index (κ3) is 2.39. The number of hydrogen-bond donors (Lipinski definition) is 1. The molecule has 0 radical (unpaired) electrons. The molecule has 2 rings (SSSR count). The van der Waals surface area contributed by atoms with Gasteiger partial charge in [-0.05, 0) is 37.0 Å². The molecule has 0 saturated carbocycles. The maximum atomic E-state index is 9.38. The summed E-state index contributed by atoms with van der Waals surface area (Å²) in [4.78, 5) is 4.43. The molecule has 0 fully saturated rings. The van der Waals surface area contributed by atoms with Gasteiger partial charge in [0.05, 0.1) is 11.6 Å². The van der Waals surface area contributed by atoms with Gasteiger partial charge in [0.15, 0.2) is 0 Å². The van der Waals surface area contributed by atoms with E-state index >= 15 is 0 Å². The second-order valence-electron chi connectivity index (χ2n) is 4.45. The van der Waals surface area contributed by atoms with E-state index in [9.17, 15) is 5.11 Å². The fraction of sp³-hybridized carbons (Fsp3) is 0.357. The van der Waals surface area contributed by atoms with Gasteiger partial charge in [0.2, 0.25) is 0 Å². The van der Waals surface area contributed by atoms with Crippen molar-refractivity contribution in [3.05, 3.63) is 42.1 Å². The Balaban J connectivity index is 2.32. The van der Waals surface area contributed by atoms with Crippen LogP contribution in [0.1, 0.15) is 31.7 Å². The van der Waals surface area contributed by atoms with Crippen LogP contribution in [0, 0.1) is 0 Å². The summed E-state index contributed by atoms with van der Waals surface area (Å²) >= 11 is 0. The summed E-state index contributed by atoms with van der Waals surface area (Å²) in [6, 6.07) is 10.3. The maximum absolute atomic E-state index is 9.38. The number of hydrogen-bond acceptors (Lipinski definition) is 2. The van der Waals surface area contributed by atoms with Gasteiger partial charge < -0.3 is 5.11 Å². The van der Waals surface area contributed by atoms with Gasteiger partial charge in [0.25, 0.3) is 0 Å². The zero-order chi connectivity index (χ0) is 11.5. The third-order valence-corrected chi connectivity index (χ3v) is 2.88. The molecule has 0 aliphatic heterocycles. The van der Waals surface area contributed by atoms with Crippen LogP contribution < -0.4 is 0 Å². The van der Waals surface area contributed by atoms with Gasteiger partial charge in [-0.2, -0.15) is 0 Å². The van der Waals surface area contributed by atoms with Crippen LogP contribution in [0.25, 0.3) is 10.9 Å². The summed E-state index contributed by atoms with van der Waals surface area (Å²) in [6.45, 7) is 3.95. The molecule has 1 N–H and O–H groups in total. The van der Waals surface area contributed by atoms with Crippen LogP contribution in [0.3, 0.4) is 0 Å². The fourth-order valence-corrected chi connectivity index (χ4v) is 2.01. The topological polar surface area (TPSA) is 33.1 Å². The summed E-state index contributed by atoms with van der Waals surface area (Å²) in [5.41, 5.74) is 2.22. The highest BCUT2D eigenvalue weighted by molar-refractivity contribution is 5.78. The van der Waals surface area contributed by atoms with Crippen molar-refractivity contribution >= 4 is 10.9 Å². The number of rotatable bonds is 3. The fourth-order valence-electron chi connectivity index (χ4n) is 2.01. The van der Waals surface area contributed by atoms with E-state index in [0.29, 0.717) is 5.92 Å². The van der Waals surface area contributed by atoms with Crippen LogP contribution >= 0.6 is 0 Å². The first-order chi connectivity index (χ1) is 7.66. The molecule has 0 amide bonds. The second kappa shape index (κ2) is 4.62. The molecule has 0 saturated heterocycles. The smallest absolute Gasteiger partial charge is 0.0702 e. The van der Waals surface area contributed by atoms with E-state index < -0.39 is 0 Å². The molecule has 1 heterocycles. The SMILES string of the molecule is CC(O)CC(C)c1cnc2ccccc2c1. The van der Waals surface area contributed by atoms with Crippen LogP contribution in [0.15, 0.2) is 36.5 Å². The predicted octanol–water partition coefficient (Wildman–Crippen LogP) is 3.11. The van der Waals surface area contributed by atoms with Crippen molar-refractivity contribution in [2.75, 3.05) is 0 Å². The molecule has 0 aliphatic rings. The maximum Gasteiger partial charge on any atom is 0.0702 e. The van der Waals surface area contributed by atoms with Gasteiger partial charge in [-0.1, -0.05) is 25.1 Å². The summed E-state index contributed by atoms with van der Waals surface area (Å²) in [7, 11) is 0. The number of benzene rings is 1. The molecule has 16 heavy (non-hydrogen) atoms. The first-order valence-corrected chi connectivity index (χ1v) is 5.69. The lowest BCUT2D eigenvalue weighted by molar-refractivity contribution is 0.176. The Labute approximate surface area is 96.0 Å². The van der Waals surface area contributed by atoms with E-state index in [1.165, 1.54) is 5.56 Å². The monoisotopic (exact) mass is 215 g/mol. The molecular formula is C14H17NO. The van der Waals surface area contributed by atoms with E-state index in [1.807, 2.05) is 31.3 Å². The molecule has 2 heteroatoms. The molecule has 2 nitrogen and oxygen atoms in total. The minimum absolute atomic E-state index is 0.263. The van der Waals surface area contributed by atoms with Crippen molar-refractivity contribution < 1.29 is 5.11 Å². The molecule has 1 aromatic heterocycles. The lowest BCUT2D eigenvalue weighted by atomic mass is 9.96. The van der Waals surface area contributed by atoms with Gasteiger partial charge >= 0.3 is 0 Å². The highest BCUT2D eigenvalue weighted by atomic mass is 16.3. The number of nitrogens with zero attached hydrogens (tertiary/aromatic N) is 1. The second-order valence-corrected chi connectivity index (χ2v) is 4.45. The quantitative estimate of drug-likeness (QED) is 0.853. The number of fused-ring (bicyclic) bond motifs is 1. The number of aliphatic hydroxyl groups excluding tert-OH is 1. The summed E-state index contributed by atoms with van der Waals surface area (Å²) < 4.78 is 0. The Morgan fingerprint density at radius 1 is 1.25 bits per heavy atom. The van der Waals surface area contributed by atoms with Crippen LogP contribution in [0.2, 0.25) is 0 Å². The lowest BCUT2D eigenvalue weighted by Crippen LogP contribution is -2.06. The normalized spacial score (nSPS) is 14.9. The minimum atomic E-state index is -0.263. The van der Waals surface area contributed by atoms with Crippen molar-refractivity contribution in [3.8, 4) is 0 Å². The standard InChI is InChI=1S/C14H17NO/c1-10(7-11(2)16)13-8-12-5-3-4-6-14(12)15-9-13/h3-6,8-11,16H,7H2,1-2H3. The lowest BCUT2D eigenvalue weighted by Gasteiger charge is -2.13. The van der Waals surface area contributed by atoms with Crippen molar-refractivity contribution in [1.29, 1.82) is 0 Å². The van der Waals surface area contributed by atoms with Gasteiger partial charge in [0, 0.05) is 11.6 Å². The van der Waals surface area contributed by atoms with E-state index in [-0.39, 0.29) is 6.10 Å². The van der Waals surface area contributed by atoms with Crippen LogP contribution in [0.5, 0.6) is 0 Å². The van der Waals surface area contributed by atoms with E-state index in [0.717, 1.165) is 17.3 Å². The molecule has 84 valence electrons. The molecule has 0 spiro atoms. The molecule has 2 aromatic rings. The zero-order valence-electron chi connectivity index (χ0n) is 9.72. The number of aliphatic hydroxyl groups is 1. The summed E-state index contributed by atoms with van der Waals surface area (Å²) in [6.07, 6.45) is 2.43. The van der Waals surface area contributed by atoms with Crippen molar-refractivity contribution in [1.82, 2.24) is 4.98 Å². The van der Waals surface area contributed by atoms with E-state index in [4.69, 9.17) is 0 Å². The first-order valence-electron chi connectivity index (χ1n) is 5.69. The molecule has 2 unspecified atom stereocenters. The zero-order valence-corrected chi connectivity index (χ0v) is 9.72. The Morgan fingerprint density at radius 3 is 2.75 bits per heavy atom. The van der Waals surface area contributed by atoms with Crippen molar-refractivity contribution in [2.45, 2.75) is 32.3 Å². The highest BCUT2D eigenvalue weighted by Gasteiger charge is 2.09. The summed E-state index contributed by atoms with van der Waals surface area (Å²) in [5.74, 6) is 0.345. The predicted molar refractivity (Wildman–Crippen MR) is 66.5 cm³/mol. The average molecular weight is 215 g/mol. The minimum Gasteiger partial charge on any atom is -0.393 e. The number of aromatic nitrogens is 1.